The minimum Gasteiger partial charge on any atom is -0.375 e. The third kappa shape index (κ3) is 4.89. The Labute approximate surface area is 166 Å². The summed E-state index contributed by atoms with van der Waals surface area (Å²) in [6, 6.07) is 10.5. The molecule has 0 bridgehead atoms. The van der Waals surface area contributed by atoms with Gasteiger partial charge in [0, 0.05) is 37.4 Å². The summed E-state index contributed by atoms with van der Waals surface area (Å²) in [4.78, 5) is 12.7. The lowest BCUT2D eigenvalue weighted by molar-refractivity contribution is -0.128. The quantitative estimate of drug-likeness (QED) is 0.820. The minimum atomic E-state index is 0. The third-order valence-corrected chi connectivity index (χ3v) is 5.46. The fourth-order valence-corrected chi connectivity index (χ4v) is 4.03. The molecule has 146 valence electrons. The Bertz CT molecular complexity index is 737. The average molecular weight is 391 g/mol. The largest absolute Gasteiger partial charge is 0.375 e. The molecule has 2 heterocycles. The van der Waals surface area contributed by atoms with Crippen LogP contribution in [0.4, 0.5) is 0 Å². The van der Waals surface area contributed by atoms with Gasteiger partial charge in [0.1, 0.15) is 0 Å². The highest BCUT2D eigenvalue weighted by molar-refractivity contribution is 5.85. The Hall–Kier alpha value is -1.89. The number of carbonyl (C=O) groups excluding carboxylic acids is 1. The minimum absolute atomic E-state index is 0. The topological polar surface area (TPSA) is 68.2 Å². The van der Waals surface area contributed by atoms with Crippen molar-refractivity contribution in [2.45, 2.75) is 44.5 Å². The van der Waals surface area contributed by atoms with Crippen molar-refractivity contribution < 1.29 is 9.53 Å². The van der Waals surface area contributed by atoms with E-state index in [2.05, 4.69) is 27.9 Å². The molecule has 1 aromatic carbocycles. The summed E-state index contributed by atoms with van der Waals surface area (Å²) in [5, 5.41) is 10.9. The van der Waals surface area contributed by atoms with Gasteiger partial charge in [0.2, 0.25) is 5.91 Å². The highest BCUT2D eigenvalue weighted by atomic mass is 35.5. The molecule has 1 aromatic heterocycles. The van der Waals surface area contributed by atoms with Gasteiger partial charge in [0.15, 0.2) is 0 Å². The van der Waals surface area contributed by atoms with E-state index in [1.165, 1.54) is 5.56 Å². The first-order valence-corrected chi connectivity index (χ1v) is 9.46. The van der Waals surface area contributed by atoms with Crippen LogP contribution in [0.3, 0.4) is 0 Å². The van der Waals surface area contributed by atoms with Crippen molar-refractivity contribution in [2.24, 2.45) is 5.92 Å². The lowest BCUT2D eigenvalue weighted by atomic mass is 9.82. The van der Waals surface area contributed by atoms with Crippen LogP contribution in [0.15, 0.2) is 42.7 Å². The summed E-state index contributed by atoms with van der Waals surface area (Å²) >= 11 is 0. The first-order valence-electron chi connectivity index (χ1n) is 9.46. The van der Waals surface area contributed by atoms with Crippen LogP contribution < -0.4 is 10.6 Å². The maximum atomic E-state index is 12.7. The first-order chi connectivity index (χ1) is 12.8. The zero-order chi connectivity index (χ0) is 17.8. The van der Waals surface area contributed by atoms with Gasteiger partial charge in [-0.1, -0.05) is 24.3 Å². The van der Waals surface area contributed by atoms with Gasteiger partial charge >= 0.3 is 0 Å². The smallest absolute Gasteiger partial charge is 0.223 e. The van der Waals surface area contributed by atoms with Crippen LogP contribution in [-0.2, 0) is 22.6 Å². The lowest BCUT2D eigenvalue weighted by Gasteiger charge is -2.39. The molecule has 0 spiro atoms. The van der Waals surface area contributed by atoms with E-state index >= 15 is 0 Å². The number of hydrogen-bond donors (Lipinski definition) is 2. The van der Waals surface area contributed by atoms with Crippen molar-refractivity contribution in [3.63, 3.8) is 0 Å². The molecule has 2 fully saturated rings. The van der Waals surface area contributed by atoms with E-state index in [0.717, 1.165) is 38.0 Å². The number of amides is 1. The summed E-state index contributed by atoms with van der Waals surface area (Å²) in [7, 11) is 0. The van der Waals surface area contributed by atoms with Gasteiger partial charge in [-0.25, -0.2) is 0 Å². The van der Waals surface area contributed by atoms with E-state index in [1.807, 2.05) is 29.1 Å². The van der Waals surface area contributed by atoms with Gasteiger partial charge in [-0.15, -0.1) is 12.4 Å². The lowest BCUT2D eigenvalue weighted by Crippen LogP contribution is -2.53. The van der Waals surface area contributed by atoms with Gasteiger partial charge in [0.25, 0.3) is 0 Å². The number of morpholine rings is 1. The second-order valence-corrected chi connectivity index (χ2v) is 7.17. The number of halogens is 1. The molecule has 1 saturated heterocycles. The molecule has 3 atom stereocenters. The molecule has 1 amide bonds. The first kappa shape index (κ1) is 19.9. The summed E-state index contributed by atoms with van der Waals surface area (Å²) in [6.07, 6.45) is 6.75. The van der Waals surface area contributed by atoms with E-state index < -0.39 is 0 Å². The molecule has 7 heteroatoms. The van der Waals surface area contributed by atoms with E-state index in [0.29, 0.717) is 19.1 Å². The van der Waals surface area contributed by atoms with E-state index in [9.17, 15) is 4.79 Å². The molecular weight excluding hydrogens is 364 g/mol. The molecule has 2 N–H and O–H groups in total. The molecule has 6 nitrogen and oxygen atoms in total. The van der Waals surface area contributed by atoms with Gasteiger partial charge in [-0.2, -0.15) is 5.10 Å². The summed E-state index contributed by atoms with van der Waals surface area (Å²) < 4.78 is 7.70. The average Bonchev–Trinajstić information content (AvgIpc) is 3.20. The number of hydrogen-bond acceptors (Lipinski definition) is 4. The summed E-state index contributed by atoms with van der Waals surface area (Å²) in [5.74, 6) is 0.230. The Morgan fingerprint density at radius 3 is 2.93 bits per heavy atom. The van der Waals surface area contributed by atoms with Crippen LogP contribution in [0.25, 0.3) is 0 Å². The Kier molecular flexibility index (Phi) is 6.88. The number of aromatic nitrogens is 2. The van der Waals surface area contributed by atoms with Crippen molar-refractivity contribution in [3.05, 3.63) is 53.9 Å². The van der Waals surface area contributed by atoms with Gasteiger partial charge < -0.3 is 15.4 Å². The van der Waals surface area contributed by atoms with Crippen molar-refractivity contribution in [1.82, 2.24) is 20.4 Å². The van der Waals surface area contributed by atoms with Crippen LogP contribution in [0.5, 0.6) is 0 Å². The predicted molar refractivity (Wildman–Crippen MR) is 106 cm³/mol. The predicted octanol–water partition coefficient (Wildman–Crippen LogP) is 2.13. The molecule has 2 aliphatic rings. The molecule has 0 unspecified atom stereocenters. The van der Waals surface area contributed by atoms with Gasteiger partial charge in [-0.05, 0) is 36.5 Å². The third-order valence-electron chi connectivity index (χ3n) is 5.46. The van der Waals surface area contributed by atoms with Crippen molar-refractivity contribution in [3.8, 4) is 0 Å². The Morgan fingerprint density at radius 2 is 2.11 bits per heavy atom. The van der Waals surface area contributed by atoms with E-state index in [-0.39, 0.29) is 30.3 Å². The van der Waals surface area contributed by atoms with Crippen molar-refractivity contribution in [1.29, 1.82) is 0 Å². The van der Waals surface area contributed by atoms with Crippen LogP contribution in [0, 0.1) is 5.92 Å². The summed E-state index contributed by atoms with van der Waals surface area (Å²) in [5.41, 5.74) is 2.33. The number of nitrogens with zero attached hydrogens (tertiary/aromatic N) is 2. The SMILES string of the molecule is Cl.O=C(NCc1ccccc1Cn1cccn1)[C@H]1CC[C@H]2OCCN[C@@H]2C1. The molecule has 1 aliphatic carbocycles. The van der Waals surface area contributed by atoms with E-state index in [4.69, 9.17) is 4.74 Å². The number of fused-ring (bicyclic) bond motifs is 1. The summed E-state index contributed by atoms with van der Waals surface area (Å²) in [6.45, 7) is 2.94. The zero-order valence-electron chi connectivity index (χ0n) is 15.3. The van der Waals surface area contributed by atoms with Crippen LogP contribution in [0.2, 0.25) is 0 Å². The number of ether oxygens (including phenoxy) is 1. The maximum Gasteiger partial charge on any atom is 0.223 e. The van der Waals surface area contributed by atoms with E-state index in [1.54, 1.807) is 6.20 Å². The number of carbonyl (C=O) groups is 1. The van der Waals surface area contributed by atoms with Crippen molar-refractivity contribution >= 4 is 18.3 Å². The molecule has 2 aromatic rings. The van der Waals surface area contributed by atoms with Gasteiger partial charge in [-0.3, -0.25) is 9.48 Å². The fraction of sp³-hybridized carbons (Fsp3) is 0.500. The van der Waals surface area contributed by atoms with Crippen LogP contribution in [0.1, 0.15) is 30.4 Å². The van der Waals surface area contributed by atoms with Gasteiger partial charge in [0.05, 0.1) is 19.3 Å². The Balaban J connectivity index is 0.00000210. The molecule has 0 radical (unpaired) electrons. The Morgan fingerprint density at radius 1 is 1.26 bits per heavy atom. The second-order valence-electron chi connectivity index (χ2n) is 7.17. The number of rotatable bonds is 5. The number of nitrogens with one attached hydrogen (secondary N) is 2. The number of benzene rings is 1. The molecule has 27 heavy (non-hydrogen) atoms. The van der Waals surface area contributed by atoms with Crippen LogP contribution in [-0.4, -0.2) is 41.0 Å². The van der Waals surface area contributed by atoms with Crippen LogP contribution >= 0.6 is 12.4 Å². The monoisotopic (exact) mass is 390 g/mol. The standard InChI is InChI=1S/C20H26N4O2.ClH/c25-20(15-6-7-19-18(12-15)21-9-11-26-19)22-13-16-4-1-2-5-17(16)14-24-10-3-8-23-24;/h1-5,8,10,15,18-19,21H,6-7,9,11-14H2,(H,22,25);1H/t15-,18+,19+;/m0./s1. The fourth-order valence-electron chi connectivity index (χ4n) is 4.03. The highest BCUT2D eigenvalue weighted by Crippen LogP contribution is 2.28. The highest BCUT2D eigenvalue weighted by Gasteiger charge is 2.35. The zero-order valence-corrected chi connectivity index (χ0v) is 16.2. The second kappa shape index (κ2) is 9.35. The van der Waals surface area contributed by atoms with Crippen molar-refractivity contribution in [2.75, 3.05) is 13.2 Å². The normalized spacial score (nSPS) is 24.5. The molecule has 1 saturated carbocycles. The molecular formula is C20H27ClN4O2. The molecule has 1 aliphatic heterocycles. The maximum absolute atomic E-state index is 12.7. The molecule has 4 rings (SSSR count).